The van der Waals surface area contributed by atoms with E-state index in [9.17, 15) is 4.79 Å². The molecule has 4 aliphatic rings. The number of fused-ring (bicyclic) bond motifs is 5. The Morgan fingerprint density at radius 3 is 2.49 bits per heavy atom. The van der Waals surface area contributed by atoms with Crippen molar-refractivity contribution in [2.75, 3.05) is 0 Å². The van der Waals surface area contributed by atoms with Gasteiger partial charge >= 0.3 is 5.97 Å². The molecule has 0 radical (unpaired) electrons. The van der Waals surface area contributed by atoms with Gasteiger partial charge in [-0.25, -0.2) is 0 Å². The van der Waals surface area contributed by atoms with Crippen LogP contribution in [0.1, 0.15) is 151 Å². The summed E-state index contributed by atoms with van der Waals surface area (Å²) >= 11 is 0. The highest BCUT2D eigenvalue weighted by atomic mass is 16.5. The second kappa shape index (κ2) is 12.6. The van der Waals surface area contributed by atoms with Gasteiger partial charge in [0.05, 0.1) is 0 Å². The van der Waals surface area contributed by atoms with Crippen LogP contribution in [0, 0.1) is 46.3 Å². The number of hydrogen-bond acceptors (Lipinski definition) is 2. The summed E-state index contributed by atoms with van der Waals surface area (Å²) in [6.07, 6.45) is 23.9. The monoisotopic (exact) mass is 512 g/mol. The van der Waals surface area contributed by atoms with E-state index in [2.05, 4.69) is 47.6 Å². The minimum Gasteiger partial charge on any atom is -0.462 e. The lowest BCUT2D eigenvalue weighted by Crippen LogP contribution is -2.51. The van der Waals surface area contributed by atoms with Gasteiger partial charge in [-0.2, -0.15) is 0 Å². The summed E-state index contributed by atoms with van der Waals surface area (Å²) in [5.74, 6) is 5.34. The highest BCUT2D eigenvalue weighted by Gasteiger charge is 2.59. The summed E-state index contributed by atoms with van der Waals surface area (Å²) in [5, 5.41) is 0. The number of esters is 1. The molecule has 212 valence electrons. The average molecular weight is 513 g/mol. The standard InChI is InChI=1S/C35H60O2/c1-7-8-9-10-11-15-33(36)37-28-20-22-34(5)27(24-28)16-17-29-31-19-18-30(26(4)14-12-13-25(2)3)35(31,6)23-21-32(29)34/h16,25-26,28-32H,7-15,17-24H2,1-6H3/t26-,28-,29+,30-,31+,32+,34-,35+/m0/s1. The molecule has 3 saturated carbocycles. The first-order chi connectivity index (χ1) is 17.7. The Morgan fingerprint density at radius 2 is 1.73 bits per heavy atom. The van der Waals surface area contributed by atoms with Crippen molar-refractivity contribution in [1.29, 1.82) is 0 Å². The number of hydrogen-bond donors (Lipinski definition) is 0. The van der Waals surface area contributed by atoms with Crippen LogP contribution in [0.25, 0.3) is 0 Å². The molecule has 0 saturated heterocycles. The van der Waals surface area contributed by atoms with Crippen LogP contribution in [0.5, 0.6) is 0 Å². The summed E-state index contributed by atoms with van der Waals surface area (Å²) < 4.78 is 6.02. The van der Waals surface area contributed by atoms with Gasteiger partial charge in [0, 0.05) is 12.8 Å². The maximum Gasteiger partial charge on any atom is 0.306 e. The summed E-state index contributed by atoms with van der Waals surface area (Å²) in [6, 6.07) is 0. The van der Waals surface area contributed by atoms with Gasteiger partial charge in [-0.15, -0.1) is 0 Å². The predicted molar refractivity (Wildman–Crippen MR) is 156 cm³/mol. The molecule has 4 aliphatic carbocycles. The van der Waals surface area contributed by atoms with Gasteiger partial charge in [-0.1, -0.05) is 98.1 Å². The van der Waals surface area contributed by atoms with E-state index in [-0.39, 0.29) is 12.1 Å². The minimum absolute atomic E-state index is 0.0485. The first kappa shape index (κ1) is 29.2. The zero-order valence-electron chi connectivity index (χ0n) is 25.5. The van der Waals surface area contributed by atoms with Crippen LogP contribution in [-0.4, -0.2) is 12.1 Å². The molecule has 0 spiro atoms. The Hall–Kier alpha value is -0.790. The van der Waals surface area contributed by atoms with Gasteiger partial charge in [0.1, 0.15) is 6.10 Å². The Labute approximate surface area is 230 Å². The van der Waals surface area contributed by atoms with Crippen LogP contribution < -0.4 is 0 Å². The maximum absolute atomic E-state index is 12.5. The fraction of sp³-hybridized carbons (Fsp3) is 0.914. The Kier molecular flexibility index (Phi) is 9.94. The highest BCUT2D eigenvalue weighted by molar-refractivity contribution is 5.69. The number of rotatable bonds is 12. The first-order valence-corrected chi connectivity index (χ1v) is 16.6. The topological polar surface area (TPSA) is 26.3 Å². The number of unbranched alkanes of at least 4 members (excludes halogenated alkanes) is 4. The summed E-state index contributed by atoms with van der Waals surface area (Å²) in [4.78, 5) is 12.5. The SMILES string of the molecule is CCCCCCCC(=O)O[C@H]1CC[C@@]2(C)C(=CC[C@@H]3[C@H]4CC[C@@H]([C@@H](C)CCCC(C)C)[C@@]4(C)CC[C@H]32)C1. The van der Waals surface area contributed by atoms with Gasteiger partial charge in [0.25, 0.3) is 0 Å². The van der Waals surface area contributed by atoms with Crippen molar-refractivity contribution in [3.63, 3.8) is 0 Å². The molecule has 37 heavy (non-hydrogen) atoms. The van der Waals surface area contributed by atoms with E-state index >= 15 is 0 Å². The van der Waals surface area contributed by atoms with Crippen molar-refractivity contribution in [1.82, 2.24) is 0 Å². The third-order valence-corrected chi connectivity index (χ3v) is 12.0. The summed E-state index contributed by atoms with van der Waals surface area (Å²) in [6.45, 7) is 14.9. The molecule has 8 atom stereocenters. The summed E-state index contributed by atoms with van der Waals surface area (Å²) in [7, 11) is 0. The number of ether oxygens (including phenoxy) is 1. The molecule has 0 aromatic heterocycles. The van der Waals surface area contributed by atoms with Crippen LogP contribution in [0.3, 0.4) is 0 Å². The van der Waals surface area contributed by atoms with Crippen molar-refractivity contribution in [3.05, 3.63) is 11.6 Å². The van der Waals surface area contributed by atoms with Gasteiger partial charge in [-0.3, -0.25) is 4.79 Å². The van der Waals surface area contributed by atoms with E-state index in [4.69, 9.17) is 4.74 Å². The highest BCUT2D eigenvalue weighted by Crippen LogP contribution is 2.67. The minimum atomic E-state index is 0.0485. The van der Waals surface area contributed by atoms with Gasteiger partial charge in [0.15, 0.2) is 0 Å². The van der Waals surface area contributed by atoms with Crippen LogP contribution in [0.4, 0.5) is 0 Å². The normalized spacial score (nSPS) is 37.9. The van der Waals surface area contributed by atoms with Gasteiger partial charge in [0.2, 0.25) is 0 Å². The first-order valence-electron chi connectivity index (χ1n) is 16.6. The third-order valence-electron chi connectivity index (χ3n) is 12.0. The van der Waals surface area contributed by atoms with Gasteiger partial charge in [-0.05, 0) is 97.7 Å². The van der Waals surface area contributed by atoms with E-state index in [1.54, 1.807) is 5.57 Å². The van der Waals surface area contributed by atoms with Crippen molar-refractivity contribution < 1.29 is 9.53 Å². The average Bonchev–Trinajstić information content (AvgIpc) is 3.21. The fourth-order valence-electron chi connectivity index (χ4n) is 9.87. The molecule has 2 heteroatoms. The zero-order valence-corrected chi connectivity index (χ0v) is 25.5. The van der Waals surface area contributed by atoms with Gasteiger partial charge < -0.3 is 4.74 Å². The molecule has 0 aliphatic heterocycles. The van der Waals surface area contributed by atoms with Crippen LogP contribution in [0.15, 0.2) is 11.6 Å². The predicted octanol–water partition coefficient (Wildman–Crippen LogP) is 10.3. The molecule has 0 aromatic rings. The molecule has 0 amide bonds. The Balaban J connectivity index is 1.34. The van der Waals surface area contributed by atoms with E-state index in [1.165, 1.54) is 77.0 Å². The van der Waals surface area contributed by atoms with E-state index < -0.39 is 0 Å². The smallest absolute Gasteiger partial charge is 0.306 e. The van der Waals surface area contributed by atoms with Crippen LogP contribution in [0.2, 0.25) is 0 Å². The molecule has 3 fully saturated rings. The molecule has 2 nitrogen and oxygen atoms in total. The van der Waals surface area contributed by atoms with E-state index in [0.717, 1.165) is 61.2 Å². The lowest BCUT2D eigenvalue weighted by molar-refractivity contribution is -0.151. The molecule has 0 bridgehead atoms. The van der Waals surface area contributed by atoms with Crippen molar-refractivity contribution in [3.8, 4) is 0 Å². The number of allylic oxidation sites excluding steroid dienone is 1. The molecule has 0 N–H and O–H groups in total. The number of carbonyl (C=O) groups excluding carboxylic acids is 1. The van der Waals surface area contributed by atoms with E-state index in [0.29, 0.717) is 17.3 Å². The van der Waals surface area contributed by atoms with Crippen molar-refractivity contribution in [2.45, 2.75) is 157 Å². The second-order valence-electron chi connectivity index (χ2n) is 14.8. The summed E-state index contributed by atoms with van der Waals surface area (Å²) in [5.41, 5.74) is 2.54. The molecule has 0 aromatic carbocycles. The Morgan fingerprint density at radius 1 is 0.946 bits per heavy atom. The molecular formula is C35H60O2. The van der Waals surface area contributed by atoms with Crippen molar-refractivity contribution >= 4 is 5.97 Å². The van der Waals surface area contributed by atoms with Crippen LogP contribution in [-0.2, 0) is 9.53 Å². The molecular weight excluding hydrogens is 452 g/mol. The maximum atomic E-state index is 12.5. The zero-order chi connectivity index (χ0) is 26.6. The fourth-order valence-corrected chi connectivity index (χ4v) is 9.87. The largest absolute Gasteiger partial charge is 0.462 e. The molecule has 0 heterocycles. The van der Waals surface area contributed by atoms with Crippen LogP contribution >= 0.6 is 0 Å². The third kappa shape index (κ3) is 6.35. The quantitative estimate of drug-likeness (QED) is 0.148. The molecule has 4 rings (SSSR count). The lowest BCUT2D eigenvalue weighted by atomic mass is 9.47. The van der Waals surface area contributed by atoms with E-state index in [1.807, 2.05) is 0 Å². The van der Waals surface area contributed by atoms with Crippen molar-refractivity contribution in [2.24, 2.45) is 46.3 Å². The Bertz CT molecular complexity index is 782. The number of carbonyl (C=O) groups is 1. The molecule has 0 unspecified atom stereocenters. The lowest BCUT2D eigenvalue weighted by Gasteiger charge is -2.58. The second-order valence-corrected chi connectivity index (χ2v) is 14.8.